The molecule has 0 saturated heterocycles. The predicted octanol–water partition coefficient (Wildman–Crippen LogP) is 1.06. The van der Waals surface area contributed by atoms with Crippen LogP contribution in [-0.2, 0) is 4.57 Å². The van der Waals surface area contributed by atoms with Crippen LogP contribution in [0.3, 0.4) is 0 Å². The summed E-state index contributed by atoms with van der Waals surface area (Å²) in [5.74, 6) is -0.427. The van der Waals surface area contributed by atoms with Crippen molar-refractivity contribution in [3.05, 3.63) is 24.1 Å². The lowest BCUT2D eigenvalue weighted by Crippen LogP contribution is -2.47. The summed E-state index contributed by atoms with van der Waals surface area (Å²) in [4.78, 5) is 17.9. The summed E-state index contributed by atoms with van der Waals surface area (Å²) >= 11 is 0. The highest BCUT2D eigenvalue weighted by Crippen LogP contribution is 2.47. The molecule has 2 unspecified atom stereocenters. The number of allylic oxidation sites excluding steroid dienone is 2. The zero-order valence-corrected chi connectivity index (χ0v) is 8.62. The quantitative estimate of drug-likeness (QED) is 0.609. The summed E-state index contributed by atoms with van der Waals surface area (Å²) in [5.41, 5.74) is 3.58. The van der Waals surface area contributed by atoms with Gasteiger partial charge >= 0.3 is 7.60 Å². The smallest absolute Gasteiger partial charge is 0.324 e. The maximum Gasteiger partial charge on any atom is 0.330 e. The summed E-state index contributed by atoms with van der Waals surface area (Å²) in [6, 6.07) is 0. The SMILES string of the molecule is CC(C1(N)C=CC(F)=CC1)P(=O)(O)O. The van der Waals surface area contributed by atoms with Gasteiger partial charge in [0.15, 0.2) is 0 Å². The maximum absolute atomic E-state index is 12.6. The van der Waals surface area contributed by atoms with E-state index in [1.807, 2.05) is 0 Å². The maximum atomic E-state index is 12.6. The minimum Gasteiger partial charge on any atom is -0.324 e. The number of halogens is 1. The van der Waals surface area contributed by atoms with Crippen LogP contribution < -0.4 is 5.73 Å². The zero-order chi connectivity index (χ0) is 11.0. The van der Waals surface area contributed by atoms with Gasteiger partial charge in [0.05, 0.1) is 11.2 Å². The van der Waals surface area contributed by atoms with Gasteiger partial charge < -0.3 is 15.5 Å². The summed E-state index contributed by atoms with van der Waals surface area (Å²) in [5, 5.41) is 0. The van der Waals surface area contributed by atoms with Crippen molar-refractivity contribution >= 4 is 7.60 Å². The minimum absolute atomic E-state index is 0.0988. The van der Waals surface area contributed by atoms with E-state index in [9.17, 15) is 8.96 Å². The van der Waals surface area contributed by atoms with Crippen molar-refractivity contribution in [2.45, 2.75) is 24.5 Å². The number of hydrogen-bond acceptors (Lipinski definition) is 2. The van der Waals surface area contributed by atoms with Crippen molar-refractivity contribution in [1.29, 1.82) is 0 Å². The van der Waals surface area contributed by atoms with E-state index in [1.54, 1.807) is 0 Å². The van der Waals surface area contributed by atoms with E-state index in [-0.39, 0.29) is 6.42 Å². The van der Waals surface area contributed by atoms with Crippen LogP contribution in [0.5, 0.6) is 0 Å². The van der Waals surface area contributed by atoms with Crippen molar-refractivity contribution in [1.82, 2.24) is 0 Å². The third-order valence-electron chi connectivity index (χ3n) is 2.49. The van der Waals surface area contributed by atoms with E-state index in [0.717, 1.165) is 6.08 Å². The molecule has 0 bridgehead atoms. The molecule has 4 N–H and O–H groups in total. The molecular formula is C8H13FNO3P. The molecule has 0 heterocycles. The molecule has 0 aromatic heterocycles. The van der Waals surface area contributed by atoms with Crippen LogP contribution in [0.2, 0.25) is 0 Å². The fourth-order valence-corrected chi connectivity index (χ4v) is 2.09. The Bertz CT molecular complexity index is 335. The topological polar surface area (TPSA) is 83.6 Å². The second-order valence-corrected chi connectivity index (χ2v) is 5.46. The van der Waals surface area contributed by atoms with Crippen molar-refractivity contribution in [2.75, 3.05) is 0 Å². The van der Waals surface area contributed by atoms with Crippen LogP contribution in [0.1, 0.15) is 13.3 Å². The second kappa shape index (κ2) is 3.59. The highest BCUT2D eigenvalue weighted by molar-refractivity contribution is 7.52. The Balaban J connectivity index is 2.90. The summed E-state index contributed by atoms with van der Waals surface area (Å²) < 4.78 is 23.6. The van der Waals surface area contributed by atoms with Crippen LogP contribution in [0, 0.1) is 0 Å². The molecule has 0 saturated carbocycles. The molecule has 0 amide bonds. The average molecular weight is 221 g/mol. The van der Waals surface area contributed by atoms with Gasteiger partial charge in [-0.2, -0.15) is 0 Å². The molecular weight excluding hydrogens is 208 g/mol. The lowest BCUT2D eigenvalue weighted by Gasteiger charge is -2.33. The second-order valence-electron chi connectivity index (χ2n) is 3.50. The molecule has 0 aromatic carbocycles. The molecule has 1 aliphatic rings. The summed E-state index contributed by atoms with van der Waals surface area (Å²) in [6.45, 7) is 1.36. The molecule has 2 atom stereocenters. The van der Waals surface area contributed by atoms with Crippen molar-refractivity contribution in [3.63, 3.8) is 0 Å². The fourth-order valence-electron chi connectivity index (χ4n) is 1.27. The molecule has 80 valence electrons. The molecule has 0 fully saturated rings. The van der Waals surface area contributed by atoms with Gasteiger partial charge in [-0.05, 0) is 25.5 Å². The highest BCUT2D eigenvalue weighted by Gasteiger charge is 2.40. The Hall–Kier alpha value is -0.480. The van der Waals surface area contributed by atoms with Crippen LogP contribution in [-0.4, -0.2) is 21.0 Å². The molecule has 6 heteroatoms. The zero-order valence-electron chi connectivity index (χ0n) is 7.72. The number of nitrogens with two attached hydrogens (primary N) is 1. The van der Waals surface area contributed by atoms with Gasteiger partial charge in [0.25, 0.3) is 0 Å². The largest absolute Gasteiger partial charge is 0.330 e. The molecule has 1 rings (SSSR count). The Morgan fingerprint density at radius 2 is 2.29 bits per heavy atom. The summed E-state index contributed by atoms with van der Waals surface area (Å²) in [6.07, 6.45) is 3.77. The van der Waals surface area contributed by atoms with Crippen LogP contribution >= 0.6 is 7.60 Å². The van der Waals surface area contributed by atoms with Gasteiger partial charge in [-0.1, -0.05) is 6.08 Å². The Labute approximate surface area is 81.5 Å². The van der Waals surface area contributed by atoms with E-state index >= 15 is 0 Å². The first kappa shape index (κ1) is 11.6. The van der Waals surface area contributed by atoms with Crippen molar-refractivity contribution in [3.8, 4) is 0 Å². The monoisotopic (exact) mass is 221 g/mol. The van der Waals surface area contributed by atoms with Gasteiger partial charge in [0.2, 0.25) is 0 Å². The Morgan fingerprint density at radius 1 is 1.71 bits per heavy atom. The highest BCUT2D eigenvalue weighted by atomic mass is 31.2. The summed E-state index contributed by atoms with van der Waals surface area (Å²) in [7, 11) is -4.24. The molecule has 14 heavy (non-hydrogen) atoms. The van der Waals surface area contributed by atoms with Gasteiger partial charge in [0.1, 0.15) is 5.83 Å². The van der Waals surface area contributed by atoms with Gasteiger partial charge in [-0.3, -0.25) is 4.57 Å². The van der Waals surface area contributed by atoms with Gasteiger partial charge in [-0.15, -0.1) is 0 Å². The van der Waals surface area contributed by atoms with E-state index in [1.165, 1.54) is 19.1 Å². The van der Waals surface area contributed by atoms with E-state index in [4.69, 9.17) is 15.5 Å². The fraction of sp³-hybridized carbons (Fsp3) is 0.500. The Kier molecular flexibility index (Phi) is 2.97. The molecule has 0 aliphatic heterocycles. The minimum atomic E-state index is -4.24. The Morgan fingerprint density at radius 3 is 2.64 bits per heavy atom. The predicted molar refractivity (Wildman–Crippen MR) is 51.4 cm³/mol. The molecule has 4 nitrogen and oxygen atoms in total. The van der Waals surface area contributed by atoms with Crippen LogP contribution in [0.25, 0.3) is 0 Å². The lowest BCUT2D eigenvalue weighted by atomic mass is 9.89. The first-order chi connectivity index (χ1) is 6.26. The first-order valence-electron chi connectivity index (χ1n) is 4.15. The van der Waals surface area contributed by atoms with Gasteiger partial charge in [0, 0.05) is 0 Å². The normalized spacial score (nSPS) is 29.9. The third-order valence-corrected chi connectivity index (χ3v) is 3.98. The van der Waals surface area contributed by atoms with Gasteiger partial charge in [-0.25, -0.2) is 4.39 Å². The van der Waals surface area contributed by atoms with E-state index in [2.05, 4.69) is 0 Å². The van der Waals surface area contributed by atoms with E-state index < -0.39 is 24.6 Å². The van der Waals surface area contributed by atoms with Crippen molar-refractivity contribution < 1.29 is 18.7 Å². The first-order valence-corrected chi connectivity index (χ1v) is 5.83. The van der Waals surface area contributed by atoms with E-state index in [0.29, 0.717) is 0 Å². The molecule has 1 aliphatic carbocycles. The standard InChI is InChI=1S/C8H13FNO3P/c1-6(14(11,12)13)8(10)4-2-7(9)3-5-8/h2-4,6H,5,10H2,1H3,(H2,11,12,13). The molecule has 0 spiro atoms. The lowest BCUT2D eigenvalue weighted by molar-refractivity contribution is 0.336. The van der Waals surface area contributed by atoms with Crippen LogP contribution in [0.15, 0.2) is 24.1 Å². The molecule has 0 aromatic rings. The third kappa shape index (κ3) is 2.30. The molecule has 0 radical (unpaired) electrons. The van der Waals surface area contributed by atoms with Crippen LogP contribution in [0.4, 0.5) is 4.39 Å². The average Bonchev–Trinajstić information content (AvgIpc) is 2.08. The van der Waals surface area contributed by atoms with Crippen molar-refractivity contribution in [2.24, 2.45) is 5.73 Å². The number of rotatable bonds is 2. The number of hydrogen-bond donors (Lipinski definition) is 3.